The monoisotopic (exact) mass is 281 g/mol. The zero-order valence-electron chi connectivity index (χ0n) is 11.0. The van der Waals surface area contributed by atoms with Crippen LogP contribution in [0.2, 0.25) is 0 Å². The van der Waals surface area contributed by atoms with Gasteiger partial charge in [0.05, 0.1) is 6.54 Å². The largest absolute Gasteiger partial charge is 0.292 e. The Kier molecular flexibility index (Phi) is 3.65. The van der Waals surface area contributed by atoms with Crippen molar-refractivity contribution in [3.63, 3.8) is 0 Å². The van der Waals surface area contributed by atoms with Crippen molar-refractivity contribution in [1.82, 2.24) is 4.90 Å². The van der Waals surface area contributed by atoms with Crippen LogP contribution < -0.4 is 0 Å². The van der Waals surface area contributed by atoms with Gasteiger partial charge in [0.25, 0.3) is 0 Å². The number of carbonyl (C=O) groups excluding carboxylic acids is 3. The van der Waals surface area contributed by atoms with Gasteiger partial charge in [-0.05, 0) is 18.2 Å². The molecule has 1 heterocycles. The number of carbonyl (C=O) groups is 3. The molecule has 2 atom stereocenters. The molecule has 1 saturated heterocycles. The molecule has 0 radical (unpaired) electrons. The molecular weight excluding hydrogens is 268 g/mol. The predicted octanol–water partition coefficient (Wildman–Crippen LogP) is 1.79. The first kappa shape index (κ1) is 14.3. The fourth-order valence-corrected chi connectivity index (χ4v) is 2.09. The van der Waals surface area contributed by atoms with Gasteiger partial charge in [0, 0.05) is 17.4 Å². The molecule has 2 rings (SSSR count). The van der Waals surface area contributed by atoms with Crippen molar-refractivity contribution < 1.29 is 23.2 Å². The lowest BCUT2D eigenvalue weighted by atomic mass is 10.00. The van der Waals surface area contributed by atoms with Crippen molar-refractivity contribution in [2.75, 3.05) is 6.54 Å². The molecular formula is C14H13F2NO3. The van der Waals surface area contributed by atoms with Crippen molar-refractivity contribution in [3.05, 3.63) is 35.4 Å². The molecule has 0 aromatic heterocycles. The van der Waals surface area contributed by atoms with Crippen molar-refractivity contribution in [1.29, 1.82) is 0 Å². The van der Waals surface area contributed by atoms with Crippen LogP contribution in [0.15, 0.2) is 18.2 Å². The van der Waals surface area contributed by atoms with E-state index >= 15 is 0 Å². The maximum absolute atomic E-state index is 13.1. The third-order valence-corrected chi connectivity index (χ3v) is 3.60. The molecule has 2 unspecified atom stereocenters. The van der Waals surface area contributed by atoms with E-state index in [4.69, 9.17) is 0 Å². The second-order valence-corrected chi connectivity index (χ2v) is 4.89. The van der Waals surface area contributed by atoms with Gasteiger partial charge in [-0.2, -0.15) is 0 Å². The van der Waals surface area contributed by atoms with E-state index in [0.717, 1.165) is 23.1 Å². The molecule has 0 bridgehead atoms. The van der Waals surface area contributed by atoms with E-state index in [1.54, 1.807) is 13.8 Å². The predicted molar refractivity (Wildman–Crippen MR) is 65.7 cm³/mol. The lowest BCUT2D eigenvalue weighted by molar-refractivity contribution is -0.139. The Bertz CT molecular complexity index is 580. The van der Waals surface area contributed by atoms with E-state index in [2.05, 4.69) is 0 Å². The molecule has 1 aromatic carbocycles. The first-order valence-electron chi connectivity index (χ1n) is 6.16. The number of halogens is 2. The summed E-state index contributed by atoms with van der Waals surface area (Å²) in [5, 5.41) is 0. The highest BCUT2D eigenvalue weighted by Gasteiger charge is 2.42. The summed E-state index contributed by atoms with van der Waals surface area (Å²) in [5.74, 6) is -4.59. The Labute approximate surface area is 114 Å². The number of Topliss-reactive ketones (excluding diaryl/α,β-unsaturated/α-hetero) is 1. The smallest absolute Gasteiger partial charge is 0.233 e. The summed E-state index contributed by atoms with van der Waals surface area (Å²) >= 11 is 0. The van der Waals surface area contributed by atoms with Crippen LogP contribution in [0.3, 0.4) is 0 Å². The summed E-state index contributed by atoms with van der Waals surface area (Å²) < 4.78 is 25.8. The minimum atomic E-state index is -1.14. The number of nitrogens with zero attached hydrogens (tertiary/aromatic N) is 1. The van der Waals surface area contributed by atoms with E-state index in [-0.39, 0.29) is 5.56 Å². The third kappa shape index (κ3) is 2.33. The molecule has 106 valence electrons. The minimum Gasteiger partial charge on any atom is -0.292 e. The molecule has 1 fully saturated rings. The van der Waals surface area contributed by atoms with E-state index in [1.807, 2.05) is 0 Å². The molecule has 1 aliphatic rings. The highest BCUT2D eigenvalue weighted by Crippen LogP contribution is 2.25. The Hall–Kier alpha value is -2.11. The normalized spacial score (nSPS) is 22.5. The number of hydrogen-bond donors (Lipinski definition) is 0. The quantitative estimate of drug-likeness (QED) is 0.627. The van der Waals surface area contributed by atoms with Crippen LogP contribution in [0.25, 0.3) is 0 Å². The van der Waals surface area contributed by atoms with Crippen LogP contribution in [0.4, 0.5) is 8.78 Å². The zero-order valence-corrected chi connectivity index (χ0v) is 11.0. The van der Waals surface area contributed by atoms with Crippen molar-refractivity contribution in [3.8, 4) is 0 Å². The first-order chi connectivity index (χ1) is 9.32. The lowest BCUT2D eigenvalue weighted by Gasteiger charge is -2.13. The summed E-state index contributed by atoms with van der Waals surface area (Å²) in [4.78, 5) is 36.5. The standard InChI is InChI=1S/C14H13F2NO3/c1-7-8(2)14(20)17(13(7)19)6-12(18)9-3-4-10(15)11(16)5-9/h3-5,7-8H,6H2,1-2H3. The SMILES string of the molecule is CC1C(=O)N(CC(=O)c2ccc(F)c(F)c2)C(=O)C1C. The minimum absolute atomic E-state index is 0.0725. The Morgan fingerprint density at radius 1 is 1.10 bits per heavy atom. The average molecular weight is 281 g/mol. The van der Waals surface area contributed by atoms with E-state index < -0.39 is 47.6 Å². The second-order valence-electron chi connectivity index (χ2n) is 4.89. The van der Waals surface area contributed by atoms with E-state index in [1.165, 1.54) is 0 Å². The van der Waals surface area contributed by atoms with Gasteiger partial charge in [-0.1, -0.05) is 13.8 Å². The van der Waals surface area contributed by atoms with Gasteiger partial charge < -0.3 is 0 Å². The fraction of sp³-hybridized carbons (Fsp3) is 0.357. The van der Waals surface area contributed by atoms with Gasteiger partial charge in [-0.25, -0.2) is 8.78 Å². The van der Waals surface area contributed by atoms with E-state index in [9.17, 15) is 23.2 Å². The van der Waals surface area contributed by atoms with Crippen LogP contribution in [0, 0.1) is 23.5 Å². The summed E-state index contributed by atoms with van der Waals surface area (Å²) in [6.07, 6.45) is 0. The van der Waals surface area contributed by atoms with Gasteiger partial charge in [-0.3, -0.25) is 19.3 Å². The number of amides is 2. The van der Waals surface area contributed by atoms with Crippen molar-refractivity contribution in [2.24, 2.45) is 11.8 Å². The first-order valence-corrected chi connectivity index (χ1v) is 6.16. The summed E-state index contributed by atoms with van der Waals surface area (Å²) in [6, 6.07) is 2.72. The molecule has 0 saturated carbocycles. The lowest BCUT2D eigenvalue weighted by Crippen LogP contribution is -2.35. The molecule has 20 heavy (non-hydrogen) atoms. The zero-order chi connectivity index (χ0) is 15.0. The Balaban J connectivity index is 2.18. The Morgan fingerprint density at radius 2 is 1.65 bits per heavy atom. The number of rotatable bonds is 3. The molecule has 0 N–H and O–H groups in total. The molecule has 2 amide bonds. The molecule has 6 heteroatoms. The highest BCUT2D eigenvalue weighted by atomic mass is 19.2. The van der Waals surface area contributed by atoms with Crippen molar-refractivity contribution >= 4 is 17.6 Å². The maximum atomic E-state index is 13.1. The number of benzene rings is 1. The van der Waals surface area contributed by atoms with Gasteiger partial charge >= 0.3 is 0 Å². The molecule has 1 aliphatic heterocycles. The van der Waals surface area contributed by atoms with Crippen molar-refractivity contribution in [2.45, 2.75) is 13.8 Å². The molecule has 0 aliphatic carbocycles. The average Bonchev–Trinajstić information content (AvgIpc) is 2.59. The third-order valence-electron chi connectivity index (χ3n) is 3.60. The number of ketones is 1. The molecule has 4 nitrogen and oxygen atoms in total. The second kappa shape index (κ2) is 5.11. The summed E-state index contributed by atoms with van der Waals surface area (Å²) in [5.41, 5.74) is -0.0725. The van der Waals surface area contributed by atoms with Gasteiger partial charge in [0.15, 0.2) is 17.4 Å². The van der Waals surface area contributed by atoms with Gasteiger partial charge in [-0.15, -0.1) is 0 Å². The van der Waals surface area contributed by atoms with Crippen LogP contribution in [0.5, 0.6) is 0 Å². The number of hydrogen-bond acceptors (Lipinski definition) is 3. The maximum Gasteiger partial charge on any atom is 0.233 e. The van der Waals surface area contributed by atoms with Gasteiger partial charge in [0.1, 0.15) is 0 Å². The van der Waals surface area contributed by atoms with E-state index in [0.29, 0.717) is 0 Å². The fourth-order valence-electron chi connectivity index (χ4n) is 2.09. The molecule has 1 aromatic rings. The summed E-state index contributed by atoms with van der Waals surface area (Å²) in [7, 11) is 0. The Morgan fingerprint density at radius 3 is 2.15 bits per heavy atom. The van der Waals surface area contributed by atoms with Crippen LogP contribution >= 0.6 is 0 Å². The summed E-state index contributed by atoms with van der Waals surface area (Å²) in [6.45, 7) is 2.79. The van der Waals surface area contributed by atoms with Crippen LogP contribution in [-0.4, -0.2) is 29.0 Å². The highest BCUT2D eigenvalue weighted by molar-refractivity contribution is 6.09. The topological polar surface area (TPSA) is 54.5 Å². The number of imide groups is 1. The molecule has 0 spiro atoms. The van der Waals surface area contributed by atoms with Crippen LogP contribution in [0.1, 0.15) is 24.2 Å². The van der Waals surface area contributed by atoms with Gasteiger partial charge in [0.2, 0.25) is 11.8 Å². The number of likely N-dealkylation sites (tertiary alicyclic amines) is 1. The van der Waals surface area contributed by atoms with Crippen LogP contribution in [-0.2, 0) is 9.59 Å².